The number of nitrogens with zero attached hydrogens (tertiary/aromatic N) is 1. The summed E-state index contributed by atoms with van der Waals surface area (Å²) in [6.45, 7) is 4.03. The Labute approximate surface area is 148 Å². The van der Waals surface area contributed by atoms with Gasteiger partial charge in [0.25, 0.3) is 0 Å². The summed E-state index contributed by atoms with van der Waals surface area (Å²) in [5.41, 5.74) is 2.27. The van der Waals surface area contributed by atoms with Crippen LogP contribution >= 0.6 is 0 Å². The van der Waals surface area contributed by atoms with Gasteiger partial charge in [0.15, 0.2) is 0 Å². The van der Waals surface area contributed by atoms with Crippen molar-refractivity contribution < 1.29 is 14.6 Å². The number of benzene rings is 2. The van der Waals surface area contributed by atoms with E-state index >= 15 is 0 Å². The van der Waals surface area contributed by atoms with E-state index in [4.69, 9.17) is 4.74 Å². The zero-order valence-electron chi connectivity index (χ0n) is 14.2. The largest absolute Gasteiger partial charge is 0.489 e. The van der Waals surface area contributed by atoms with Gasteiger partial charge in [0, 0.05) is 32.7 Å². The number of ether oxygens (including phenoxy) is 1. The van der Waals surface area contributed by atoms with Crippen molar-refractivity contribution in [2.24, 2.45) is 5.92 Å². The lowest BCUT2D eigenvalue weighted by Crippen LogP contribution is -2.33. The molecule has 132 valence electrons. The Morgan fingerprint density at radius 1 is 1.16 bits per heavy atom. The van der Waals surface area contributed by atoms with Crippen LogP contribution in [0.5, 0.6) is 5.75 Å². The van der Waals surface area contributed by atoms with E-state index in [0.717, 1.165) is 36.5 Å². The summed E-state index contributed by atoms with van der Waals surface area (Å²) in [4.78, 5) is 13.5. The predicted molar refractivity (Wildman–Crippen MR) is 96.5 cm³/mol. The molecule has 2 aromatic rings. The second-order valence-electron chi connectivity index (χ2n) is 6.40. The number of aliphatic carboxylic acids is 1. The third-order valence-electron chi connectivity index (χ3n) is 4.38. The summed E-state index contributed by atoms with van der Waals surface area (Å²) in [7, 11) is 0. The molecule has 2 aromatic carbocycles. The van der Waals surface area contributed by atoms with Crippen molar-refractivity contribution in [1.82, 2.24) is 10.2 Å². The molecule has 0 aromatic heterocycles. The molecule has 0 radical (unpaired) electrons. The van der Waals surface area contributed by atoms with Gasteiger partial charge in [0.2, 0.25) is 0 Å². The predicted octanol–water partition coefficient (Wildman–Crippen LogP) is 2.37. The molecule has 2 N–H and O–H groups in total. The molecular formula is C20H24N2O3. The molecule has 0 saturated carbocycles. The van der Waals surface area contributed by atoms with Crippen molar-refractivity contribution in [1.29, 1.82) is 0 Å². The molecule has 1 saturated heterocycles. The Bertz CT molecular complexity index is 690. The lowest BCUT2D eigenvalue weighted by Gasteiger charge is -2.22. The van der Waals surface area contributed by atoms with Crippen LogP contribution in [0.2, 0.25) is 0 Å². The molecule has 0 aliphatic carbocycles. The fourth-order valence-electron chi connectivity index (χ4n) is 3.02. The smallest absolute Gasteiger partial charge is 0.309 e. The second kappa shape index (κ2) is 8.65. The molecule has 0 bridgehead atoms. The highest BCUT2D eigenvalue weighted by Crippen LogP contribution is 2.17. The number of carboxylic acid groups (broad SMARTS) is 1. The van der Waals surface area contributed by atoms with Crippen LogP contribution in [0.3, 0.4) is 0 Å². The van der Waals surface area contributed by atoms with Crippen molar-refractivity contribution in [3.8, 4) is 5.75 Å². The Morgan fingerprint density at radius 3 is 2.76 bits per heavy atom. The van der Waals surface area contributed by atoms with E-state index in [9.17, 15) is 9.90 Å². The summed E-state index contributed by atoms with van der Waals surface area (Å²) in [6, 6.07) is 18.1. The monoisotopic (exact) mass is 340 g/mol. The Balaban J connectivity index is 1.60. The number of hydrogen-bond donors (Lipinski definition) is 2. The van der Waals surface area contributed by atoms with Gasteiger partial charge in [-0.1, -0.05) is 42.5 Å². The van der Waals surface area contributed by atoms with Gasteiger partial charge in [0.05, 0.1) is 5.92 Å². The summed E-state index contributed by atoms with van der Waals surface area (Å²) < 4.78 is 5.88. The maximum atomic E-state index is 11.3. The Morgan fingerprint density at radius 2 is 1.96 bits per heavy atom. The lowest BCUT2D eigenvalue weighted by molar-refractivity contribution is -0.142. The molecule has 25 heavy (non-hydrogen) atoms. The summed E-state index contributed by atoms with van der Waals surface area (Å²) in [5.74, 6) is -0.261. The zero-order valence-corrected chi connectivity index (χ0v) is 14.2. The second-order valence-corrected chi connectivity index (χ2v) is 6.40. The van der Waals surface area contributed by atoms with E-state index in [-0.39, 0.29) is 5.92 Å². The van der Waals surface area contributed by atoms with Crippen LogP contribution in [-0.2, 0) is 17.9 Å². The molecule has 0 spiro atoms. The molecule has 1 unspecified atom stereocenters. The van der Waals surface area contributed by atoms with Crippen LogP contribution in [-0.4, -0.2) is 42.2 Å². The lowest BCUT2D eigenvalue weighted by atomic mass is 10.1. The van der Waals surface area contributed by atoms with Crippen LogP contribution in [0, 0.1) is 5.92 Å². The topological polar surface area (TPSA) is 61.8 Å². The molecule has 5 nitrogen and oxygen atoms in total. The first-order chi connectivity index (χ1) is 12.2. The molecular weight excluding hydrogens is 316 g/mol. The van der Waals surface area contributed by atoms with Gasteiger partial charge in [-0.2, -0.15) is 0 Å². The molecule has 1 heterocycles. The number of carboxylic acids is 1. The van der Waals surface area contributed by atoms with Gasteiger partial charge in [-0.15, -0.1) is 0 Å². The first kappa shape index (κ1) is 17.5. The molecule has 1 atom stereocenters. The highest BCUT2D eigenvalue weighted by Gasteiger charge is 2.23. The van der Waals surface area contributed by atoms with Gasteiger partial charge < -0.3 is 15.2 Å². The standard InChI is InChI=1S/C20H24N2O3/c23-20(24)18-12-21-9-10-22(14-18)13-17-7-4-8-19(11-17)25-15-16-5-2-1-3-6-16/h1-8,11,18,21H,9-10,12-15H2,(H,23,24). The van der Waals surface area contributed by atoms with Gasteiger partial charge in [-0.05, 0) is 23.3 Å². The average molecular weight is 340 g/mol. The van der Waals surface area contributed by atoms with E-state index in [1.54, 1.807) is 0 Å². The molecule has 1 aliphatic rings. The van der Waals surface area contributed by atoms with Crippen molar-refractivity contribution >= 4 is 5.97 Å². The molecule has 5 heteroatoms. The molecule has 1 aliphatic heterocycles. The number of carbonyl (C=O) groups is 1. The highest BCUT2D eigenvalue weighted by atomic mass is 16.5. The fourth-order valence-corrected chi connectivity index (χ4v) is 3.02. The van der Waals surface area contributed by atoms with Crippen LogP contribution in [0.1, 0.15) is 11.1 Å². The first-order valence-electron chi connectivity index (χ1n) is 8.62. The maximum absolute atomic E-state index is 11.3. The minimum Gasteiger partial charge on any atom is -0.489 e. The number of rotatable bonds is 6. The third kappa shape index (κ3) is 5.31. The quantitative estimate of drug-likeness (QED) is 0.845. The zero-order chi connectivity index (χ0) is 17.5. The Kier molecular flexibility index (Phi) is 6.04. The summed E-state index contributed by atoms with van der Waals surface area (Å²) >= 11 is 0. The minimum atomic E-state index is -0.737. The Hall–Kier alpha value is -2.37. The van der Waals surface area contributed by atoms with Crippen molar-refractivity contribution in [2.45, 2.75) is 13.2 Å². The van der Waals surface area contributed by atoms with E-state index in [0.29, 0.717) is 19.7 Å². The van der Waals surface area contributed by atoms with Gasteiger partial charge in [-0.25, -0.2) is 0 Å². The van der Waals surface area contributed by atoms with Gasteiger partial charge in [-0.3, -0.25) is 9.69 Å². The van der Waals surface area contributed by atoms with Crippen molar-refractivity contribution in [2.75, 3.05) is 26.2 Å². The molecule has 0 amide bonds. The van der Waals surface area contributed by atoms with Crippen LogP contribution in [0.15, 0.2) is 54.6 Å². The van der Waals surface area contributed by atoms with Gasteiger partial charge >= 0.3 is 5.97 Å². The van der Waals surface area contributed by atoms with Gasteiger partial charge in [0.1, 0.15) is 12.4 Å². The van der Waals surface area contributed by atoms with Crippen LogP contribution in [0.4, 0.5) is 0 Å². The van der Waals surface area contributed by atoms with Crippen LogP contribution < -0.4 is 10.1 Å². The average Bonchev–Trinajstić information content (AvgIpc) is 2.87. The van der Waals surface area contributed by atoms with E-state index < -0.39 is 5.97 Å². The number of hydrogen-bond acceptors (Lipinski definition) is 4. The summed E-state index contributed by atoms with van der Waals surface area (Å²) in [6.07, 6.45) is 0. The normalized spacial score (nSPS) is 18.5. The highest BCUT2D eigenvalue weighted by molar-refractivity contribution is 5.70. The molecule has 3 rings (SSSR count). The van der Waals surface area contributed by atoms with E-state index in [2.05, 4.69) is 16.3 Å². The SMILES string of the molecule is O=C(O)C1CNCCN(Cc2cccc(OCc3ccccc3)c2)C1. The summed E-state index contributed by atoms with van der Waals surface area (Å²) in [5, 5.41) is 12.5. The van der Waals surface area contributed by atoms with Crippen LogP contribution in [0.25, 0.3) is 0 Å². The van der Waals surface area contributed by atoms with Crippen molar-refractivity contribution in [3.05, 3.63) is 65.7 Å². The first-order valence-corrected chi connectivity index (χ1v) is 8.62. The third-order valence-corrected chi connectivity index (χ3v) is 4.38. The minimum absolute atomic E-state index is 0.361. The fraction of sp³-hybridized carbons (Fsp3) is 0.350. The maximum Gasteiger partial charge on any atom is 0.309 e. The van der Waals surface area contributed by atoms with E-state index in [1.807, 2.05) is 48.5 Å². The molecule has 1 fully saturated rings. The van der Waals surface area contributed by atoms with Crippen molar-refractivity contribution in [3.63, 3.8) is 0 Å². The number of nitrogens with one attached hydrogen (secondary N) is 1. The van der Waals surface area contributed by atoms with E-state index in [1.165, 1.54) is 0 Å².